The zero-order chi connectivity index (χ0) is 18.9. The van der Waals surface area contributed by atoms with E-state index < -0.39 is 0 Å². The molecule has 1 aliphatic rings. The number of aliphatic imine (C=N–C) groups is 1. The topological polar surface area (TPSA) is 51.2 Å². The molecule has 1 aromatic heterocycles. The molecule has 1 atom stereocenters. The normalized spacial score (nSPS) is 18.2. The Morgan fingerprint density at radius 2 is 2.23 bits per heavy atom. The number of guanidine groups is 1. The van der Waals surface area contributed by atoms with Crippen molar-refractivity contribution in [2.24, 2.45) is 4.99 Å². The van der Waals surface area contributed by atoms with E-state index in [0.717, 1.165) is 57.8 Å². The fourth-order valence-electron chi connectivity index (χ4n) is 3.38. The number of hydrogen-bond donors (Lipinski definition) is 1. The summed E-state index contributed by atoms with van der Waals surface area (Å²) in [6.45, 7) is 3.80. The van der Waals surface area contributed by atoms with Crippen LogP contribution < -0.4 is 5.32 Å². The first kappa shape index (κ1) is 20.7. The summed E-state index contributed by atoms with van der Waals surface area (Å²) in [6, 6.07) is 4.34. The molecular formula is C19H33N5OS. The monoisotopic (exact) mass is 379 g/mol. The Kier molecular flexibility index (Phi) is 8.38. The lowest BCUT2D eigenvalue weighted by Gasteiger charge is -2.26. The lowest BCUT2D eigenvalue weighted by Crippen LogP contribution is -2.44. The largest absolute Gasteiger partial charge is 0.356 e. The minimum Gasteiger partial charge on any atom is -0.356 e. The number of rotatable bonds is 8. The molecule has 7 heteroatoms. The number of amides is 1. The smallest absolute Gasteiger partial charge is 0.239 e. The summed E-state index contributed by atoms with van der Waals surface area (Å²) in [6.07, 6.45) is 4.15. The highest BCUT2D eigenvalue weighted by atomic mass is 32.1. The van der Waals surface area contributed by atoms with Gasteiger partial charge in [0.2, 0.25) is 5.91 Å². The number of likely N-dealkylation sites (tertiary alicyclic amines) is 1. The van der Waals surface area contributed by atoms with Crippen molar-refractivity contribution < 1.29 is 4.79 Å². The quantitative estimate of drug-likeness (QED) is 0.425. The Morgan fingerprint density at radius 3 is 2.88 bits per heavy atom. The number of thiophene rings is 1. The fourth-order valence-corrected chi connectivity index (χ4v) is 4.08. The van der Waals surface area contributed by atoms with Crippen LogP contribution in [0.5, 0.6) is 0 Å². The van der Waals surface area contributed by atoms with E-state index in [1.54, 1.807) is 16.2 Å². The third kappa shape index (κ3) is 5.99. The van der Waals surface area contributed by atoms with Crippen molar-refractivity contribution >= 4 is 23.2 Å². The van der Waals surface area contributed by atoms with Gasteiger partial charge in [-0.1, -0.05) is 6.07 Å². The van der Waals surface area contributed by atoms with Crippen LogP contribution in [0.15, 0.2) is 22.5 Å². The predicted octanol–water partition coefficient (Wildman–Crippen LogP) is 1.74. The van der Waals surface area contributed by atoms with Crippen molar-refractivity contribution in [3.05, 3.63) is 22.4 Å². The summed E-state index contributed by atoms with van der Waals surface area (Å²) in [5.41, 5.74) is 0. The molecule has 0 aliphatic carbocycles. The molecule has 0 saturated carbocycles. The molecule has 1 N–H and O–H groups in total. The molecule has 1 amide bonds. The Labute approximate surface area is 161 Å². The number of nitrogens with one attached hydrogen (secondary N) is 1. The van der Waals surface area contributed by atoms with Gasteiger partial charge < -0.3 is 15.1 Å². The molecule has 1 saturated heterocycles. The van der Waals surface area contributed by atoms with Gasteiger partial charge in [0.15, 0.2) is 5.96 Å². The number of likely N-dealkylation sites (N-methyl/N-ethyl adjacent to an activating group) is 2. The average molecular weight is 380 g/mol. The van der Waals surface area contributed by atoms with Gasteiger partial charge in [-0.15, -0.1) is 11.3 Å². The predicted molar refractivity (Wildman–Crippen MR) is 110 cm³/mol. The lowest BCUT2D eigenvalue weighted by atomic mass is 10.2. The van der Waals surface area contributed by atoms with Crippen molar-refractivity contribution in [3.63, 3.8) is 0 Å². The molecule has 1 aromatic rings. The minimum atomic E-state index is 0.0674. The van der Waals surface area contributed by atoms with E-state index >= 15 is 0 Å². The first-order valence-electron chi connectivity index (χ1n) is 9.42. The maximum absolute atomic E-state index is 12.2. The highest BCUT2D eigenvalue weighted by Crippen LogP contribution is 2.18. The number of carbonyl (C=O) groups is 1. The fraction of sp³-hybridized carbons (Fsp3) is 0.684. The Balaban J connectivity index is 1.69. The van der Waals surface area contributed by atoms with Crippen LogP contribution in [0.25, 0.3) is 0 Å². The van der Waals surface area contributed by atoms with Gasteiger partial charge in [0.05, 0.1) is 6.04 Å². The van der Waals surface area contributed by atoms with E-state index in [0.29, 0.717) is 0 Å². The Hall–Kier alpha value is -1.60. The molecule has 1 unspecified atom stereocenters. The molecule has 1 fully saturated rings. The maximum atomic E-state index is 12.2. The van der Waals surface area contributed by atoms with Gasteiger partial charge in [-0.2, -0.15) is 0 Å². The van der Waals surface area contributed by atoms with Gasteiger partial charge in [-0.25, -0.2) is 0 Å². The van der Waals surface area contributed by atoms with Gasteiger partial charge in [-0.3, -0.25) is 14.7 Å². The van der Waals surface area contributed by atoms with E-state index in [2.05, 4.69) is 44.7 Å². The first-order valence-corrected chi connectivity index (χ1v) is 10.3. The van der Waals surface area contributed by atoms with Gasteiger partial charge in [0.1, 0.15) is 0 Å². The van der Waals surface area contributed by atoms with Gasteiger partial charge in [0, 0.05) is 52.7 Å². The van der Waals surface area contributed by atoms with Gasteiger partial charge >= 0.3 is 0 Å². The van der Waals surface area contributed by atoms with E-state index in [1.807, 2.05) is 21.1 Å². The zero-order valence-electron chi connectivity index (χ0n) is 16.6. The molecule has 0 spiro atoms. The van der Waals surface area contributed by atoms with Crippen LogP contribution in [0.3, 0.4) is 0 Å². The second-order valence-corrected chi connectivity index (χ2v) is 8.04. The van der Waals surface area contributed by atoms with E-state index in [-0.39, 0.29) is 11.9 Å². The third-order valence-corrected chi connectivity index (χ3v) is 5.78. The number of hydrogen-bond acceptors (Lipinski definition) is 4. The van der Waals surface area contributed by atoms with E-state index in [9.17, 15) is 4.79 Å². The van der Waals surface area contributed by atoms with Crippen LogP contribution in [0.2, 0.25) is 0 Å². The van der Waals surface area contributed by atoms with Crippen molar-refractivity contribution in [1.29, 1.82) is 0 Å². The molecule has 0 bridgehead atoms. The summed E-state index contributed by atoms with van der Waals surface area (Å²) in [4.78, 5) is 24.2. The van der Waals surface area contributed by atoms with Crippen LogP contribution in [-0.4, -0.2) is 87.0 Å². The molecule has 2 heterocycles. The summed E-state index contributed by atoms with van der Waals surface area (Å²) < 4.78 is 0. The molecule has 6 nitrogen and oxygen atoms in total. The third-order valence-electron chi connectivity index (χ3n) is 4.84. The van der Waals surface area contributed by atoms with E-state index in [1.165, 1.54) is 4.88 Å². The summed E-state index contributed by atoms with van der Waals surface area (Å²) >= 11 is 1.80. The SMILES string of the molecule is CN=C(NCCCN1CCCC1C(=O)N(C)C)N(C)CCc1cccs1. The molecule has 26 heavy (non-hydrogen) atoms. The average Bonchev–Trinajstić information content (AvgIpc) is 3.30. The minimum absolute atomic E-state index is 0.0674. The second-order valence-electron chi connectivity index (χ2n) is 7.01. The van der Waals surface area contributed by atoms with Gasteiger partial charge in [-0.05, 0) is 43.7 Å². The molecule has 0 radical (unpaired) electrons. The lowest BCUT2D eigenvalue weighted by molar-refractivity contribution is -0.133. The molecule has 1 aliphatic heterocycles. The molecule has 146 valence electrons. The zero-order valence-corrected chi connectivity index (χ0v) is 17.4. The summed E-state index contributed by atoms with van der Waals surface area (Å²) in [5, 5.41) is 5.57. The van der Waals surface area contributed by atoms with E-state index in [4.69, 9.17) is 0 Å². The molecular weight excluding hydrogens is 346 g/mol. The number of carbonyl (C=O) groups excluding carboxylic acids is 1. The van der Waals surface area contributed by atoms with Gasteiger partial charge in [0.25, 0.3) is 0 Å². The highest BCUT2D eigenvalue weighted by Gasteiger charge is 2.30. The number of nitrogens with zero attached hydrogens (tertiary/aromatic N) is 4. The second kappa shape index (κ2) is 10.5. The molecule has 0 aromatic carbocycles. The van der Waals surface area contributed by atoms with Crippen molar-refractivity contribution in [3.8, 4) is 0 Å². The van der Waals surface area contributed by atoms with Crippen LogP contribution in [0.1, 0.15) is 24.1 Å². The maximum Gasteiger partial charge on any atom is 0.239 e. The first-order chi connectivity index (χ1) is 12.5. The van der Waals surface area contributed by atoms with Crippen molar-refractivity contribution in [1.82, 2.24) is 20.0 Å². The van der Waals surface area contributed by atoms with Crippen molar-refractivity contribution in [2.45, 2.75) is 31.7 Å². The standard InChI is InChI=1S/C19H33N5OS/c1-20-19(23(4)14-10-16-8-6-15-26-16)21-11-7-13-24-12-5-9-17(24)18(25)22(2)3/h6,8,15,17H,5,7,9-14H2,1-4H3,(H,20,21). The summed E-state index contributed by atoms with van der Waals surface area (Å²) in [7, 11) is 7.60. The molecule has 2 rings (SSSR count). The highest BCUT2D eigenvalue weighted by molar-refractivity contribution is 7.09. The Bertz CT molecular complexity index is 572. The van der Waals surface area contributed by atoms with Crippen LogP contribution >= 0.6 is 11.3 Å². The summed E-state index contributed by atoms with van der Waals surface area (Å²) in [5.74, 6) is 1.17. The van der Waals surface area contributed by atoms with Crippen LogP contribution in [0.4, 0.5) is 0 Å². The van der Waals surface area contributed by atoms with Crippen molar-refractivity contribution in [2.75, 3.05) is 54.4 Å². The Morgan fingerprint density at radius 1 is 1.42 bits per heavy atom. The van der Waals surface area contributed by atoms with Crippen LogP contribution in [-0.2, 0) is 11.2 Å². The van der Waals surface area contributed by atoms with Crippen LogP contribution in [0, 0.1) is 0 Å².